The molecule has 0 saturated heterocycles. The normalized spacial score (nSPS) is 28.5. The van der Waals surface area contributed by atoms with Gasteiger partial charge in [-0.2, -0.15) is 0 Å². The van der Waals surface area contributed by atoms with Gasteiger partial charge in [-0.15, -0.1) is 0 Å². The highest BCUT2D eigenvalue weighted by Crippen LogP contribution is 2.48. The van der Waals surface area contributed by atoms with Crippen LogP contribution < -0.4 is 0 Å². The van der Waals surface area contributed by atoms with Crippen molar-refractivity contribution in [2.24, 2.45) is 0 Å². The van der Waals surface area contributed by atoms with E-state index in [0.29, 0.717) is 6.42 Å². The highest BCUT2D eigenvalue weighted by molar-refractivity contribution is 9.10. The standard InChI is InChI=1S/C12H13BrO3/c13-9-3-1-2-8(6-9)10-4-5-12(10,16)7-11(14)15/h1-3,6,10,16H,4-5,7H2,(H,14,15). The van der Waals surface area contributed by atoms with Crippen LogP contribution in [0.25, 0.3) is 0 Å². The monoisotopic (exact) mass is 284 g/mol. The van der Waals surface area contributed by atoms with Gasteiger partial charge in [0.25, 0.3) is 0 Å². The van der Waals surface area contributed by atoms with Crippen LogP contribution in [-0.2, 0) is 4.79 Å². The van der Waals surface area contributed by atoms with Crippen LogP contribution in [-0.4, -0.2) is 21.8 Å². The average molecular weight is 285 g/mol. The van der Waals surface area contributed by atoms with E-state index in [0.717, 1.165) is 16.5 Å². The second-order valence-electron chi connectivity index (χ2n) is 4.32. The van der Waals surface area contributed by atoms with Gasteiger partial charge >= 0.3 is 5.97 Å². The van der Waals surface area contributed by atoms with Crippen molar-refractivity contribution in [1.29, 1.82) is 0 Å². The van der Waals surface area contributed by atoms with Crippen molar-refractivity contribution in [3.05, 3.63) is 34.3 Å². The lowest BCUT2D eigenvalue weighted by molar-refractivity contribution is -0.148. The second kappa shape index (κ2) is 4.18. The summed E-state index contributed by atoms with van der Waals surface area (Å²) < 4.78 is 0.953. The first kappa shape index (κ1) is 11.6. The molecule has 0 amide bonds. The second-order valence-corrected chi connectivity index (χ2v) is 5.24. The summed E-state index contributed by atoms with van der Waals surface area (Å²) in [5, 5.41) is 19.0. The minimum atomic E-state index is -1.06. The maximum Gasteiger partial charge on any atom is 0.306 e. The van der Waals surface area contributed by atoms with Crippen LogP contribution in [0.15, 0.2) is 28.7 Å². The Bertz CT molecular complexity index is 418. The minimum absolute atomic E-state index is 0.0545. The highest BCUT2D eigenvalue weighted by atomic mass is 79.9. The van der Waals surface area contributed by atoms with Gasteiger partial charge in [-0.3, -0.25) is 4.79 Å². The smallest absolute Gasteiger partial charge is 0.306 e. The predicted molar refractivity (Wildman–Crippen MR) is 63.3 cm³/mol. The lowest BCUT2D eigenvalue weighted by Gasteiger charge is -2.45. The van der Waals surface area contributed by atoms with E-state index in [4.69, 9.17) is 5.11 Å². The van der Waals surface area contributed by atoms with Gasteiger partial charge in [0.05, 0.1) is 12.0 Å². The average Bonchev–Trinajstić information content (AvgIpc) is 2.15. The highest BCUT2D eigenvalue weighted by Gasteiger charge is 2.47. The molecule has 1 aromatic carbocycles. The summed E-state index contributed by atoms with van der Waals surface area (Å²) in [4.78, 5) is 10.7. The van der Waals surface area contributed by atoms with E-state index in [1.54, 1.807) is 0 Å². The zero-order chi connectivity index (χ0) is 11.8. The molecule has 16 heavy (non-hydrogen) atoms. The molecule has 3 nitrogen and oxygen atoms in total. The largest absolute Gasteiger partial charge is 0.481 e. The summed E-state index contributed by atoms with van der Waals surface area (Å²) in [5.41, 5.74) is -0.0588. The van der Waals surface area contributed by atoms with Crippen molar-refractivity contribution in [3.63, 3.8) is 0 Å². The van der Waals surface area contributed by atoms with Crippen LogP contribution in [0.4, 0.5) is 0 Å². The summed E-state index contributed by atoms with van der Waals surface area (Å²) in [6, 6.07) is 7.69. The van der Waals surface area contributed by atoms with Gasteiger partial charge in [0.15, 0.2) is 0 Å². The predicted octanol–water partition coefficient (Wildman–Crippen LogP) is 2.53. The molecule has 0 spiro atoms. The molecule has 86 valence electrons. The number of aliphatic hydroxyl groups is 1. The number of carbonyl (C=O) groups is 1. The molecule has 1 aliphatic carbocycles. The topological polar surface area (TPSA) is 57.5 Å². The van der Waals surface area contributed by atoms with E-state index in [-0.39, 0.29) is 12.3 Å². The molecular formula is C12H13BrO3. The first-order valence-electron chi connectivity index (χ1n) is 5.21. The quantitative estimate of drug-likeness (QED) is 0.897. The lowest BCUT2D eigenvalue weighted by Crippen LogP contribution is -2.46. The molecule has 0 bridgehead atoms. The van der Waals surface area contributed by atoms with E-state index in [9.17, 15) is 9.90 Å². The van der Waals surface area contributed by atoms with Gasteiger partial charge in [0.1, 0.15) is 0 Å². The Morgan fingerprint density at radius 2 is 2.31 bits per heavy atom. The van der Waals surface area contributed by atoms with Gasteiger partial charge < -0.3 is 10.2 Å². The minimum Gasteiger partial charge on any atom is -0.481 e. The molecule has 2 unspecified atom stereocenters. The van der Waals surface area contributed by atoms with E-state index in [2.05, 4.69) is 15.9 Å². The molecule has 0 aromatic heterocycles. The Kier molecular flexibility index (Phi) is 3.04. The number of halogens is 1. The maximum atomic E-state index is 10.7. The number of hydrogen-bond acceptors (Lipinski definition) is 2. The number of benzene rings is 1. The van der Waals surface area contributed by atoms with Crippen molar-refractivity contribution >= 4 is 21.9 Å². The molecule has 0 aliphatic heterocycles. The van der Waals surface area contributed by atoms with Crippen molar-refractivity contribution in [2.75, 3.05) is 0 Å². The summed E-state index contributed by atoms with van der Waals surface area (Å²) in [6.45, 7) is 0. The molecule has 0 radical (unpaired) electrons. The fraction of sp³-hybridized carbons (Fsp3) is 0.417. The first-order chi connectivity index (χ1) is 7.51. The lowest BCUT2D eigenvalue weighted by atomic mass is 9.64. The first-order valence-corrected chi connectivity index (χ1v) is 6.00. The van der Waals surface area contributed by atoms with Crippen LogP contribution in [0.2, 0.25) is 0 Å². The van der Waals surface area contributed by atoms with E-state index in [1.807, 2.05) is 24.3 Å². The number of carboxylic acids is 1. The Balaban J connectivity index is 2.19. The van der Waals surface area contributed by atoms with Crippen molar-refractivity contribution in [2.45, 2.75) is 30.8 Å². The van der Waals surface area contributed by atoms with Crippen LogP contribution >= 0.6 is 15.9 Å². The molecule has 1 aliphatic rings. The third-order valence-corrected chi connectivity index (χ3v) is 3.72. The molecule has 0 heterocycles. The Morgan fingerprint density at radius 1 is 1.56 bits per heavy atom. The SMILES string of the molecule is O=C(O)CC1(O)CCC1c1cccc(Br)c1. The summed E-state index contributed by atoms with van der Waals surface area (Å²) in [6.07, 6.45) is 1.24. The summed E-state index contributed by atoms with van der Waals surface area (Å²) in [7, 11) is 0. The van der Waals surface area contributed by atoms with Crippen molar-refractivity contribution in [1.82, 2.24) is 0 Å². The fourth-order valence-electron chi connectivity index (χ4n) is 2.30. The Labute approximate surface area is 102 Å². The van der Waals surface area contributed by atoms with Crippen LogP contribution in [0.5, 0.6) is 0 Å². The number of hydrogen-bond donors (Lipinski definition) is 2. The summed E-state index contributed by atoms with van der Waals surface area (Å²) in [5.74, 6) is -0.997. The van der Waals surface area contributed by atoms with Crippen LogP contribution in [0, 0.1) is 0 Å². The molecule has 1 saturated carbocycles. The number of aliphatic carboxylic acids is 1. The van der Waals surface area contributed by atoms with Gasteiger partial charge in [-0.05, 0) is 30.5 Å². The third kappa shape index (κ3) is 2.13. The van der Waals surface area contributed by atoms with E-state index < -0.39 is 11.6 Å². The molecule has 4 heteroatoms. The molecule has 2 atom stereocenters. The zero-order valence-electron chi connectivity index (χ0n) is 8.69. The van der Waals surface area contributed by atoms with Crippen LogP contribution in [0.1, 0.15) is 30.7 Å². The van der Waals surface area contributed by atoms with Crippen molar-refractivity contribution < 1.29 is 15.0 Å². The van der Waals surface area contributed by atoms with Gasteiger partial charge in [0, 0.05) is 10.4 Å². The third-order valence-electron chi connectivity index (χ3n) is 3.22. The zero-order valence-corrected chi connectivity index (χ0v) is 10.3. The number of carboxylic acid groups (broad SMARTS) is 1. The number of rotatable bonds is 3. The molecular weight excluding hydrogens is 272 g/mol. The van der Waals surface area contributed by atoms with Gasteiger partial charge in [-0.1, -0.05) is 28.1 Å². The summed E-state index contributed by atoms with van der Waals surface area (Å²) >= 11 is 3.37. The Hall–Kier alpha value is -0.870. The van der Waals surface area contributed by atoms with Gasteiger partial charge in [0.2, 0.25) is 0 Å². The van der Waals surface area contributed by atoms with E-state index >= 15 is 0 Å². The van der Waals surface area contributed by atoms with Crippen molar-refractivity contribution in [3.8, 4) is 0 Å². The molecule has 2 N–H and O–H groups in total. The molecule has 1 fully saturated rings. The van der Waals surface area contributed by atoms with E-state index in [1.165, 1.54) is 0 Å². The van der Waals surface area contributed by atoms with Crippen LogP contribution in [0.3, 0.4) is 0 Å². The molecule has 2 rings (SSSR count). The fourth-order valence-corrected chi connectivity index (χ4v) is 2.71. The maximum absolute atomic E-state index is 10.7. The molecule has 1 aromatic rings. The van der Waals surface area contributed by atoms with Gasteiger partial charge in [-0.25, -0.2) is 0 Å². The Morgan fingerprint density at radius 3 is 2.81 bits per heavy atom.